The smallest absolute Gasteiger partial charge is 0.247 e. The topological polar surface area (TPSA) is 61.4 Å². The predicted molar refractivity (Wildman–Crippen MR) is 101 cm³/mol. The summed E-state index contributed by atoms with van der Waals surface area (Å²) in [6.07, 6.45) is 3.88. The van der Waals surface area contributed by atoms with Crippen LogP contribution in [0.5, 0.6) is 0 Å². The first-order chi connectivity index (χ1) is 11.9. The highest BCUT2D eigenvalue weighted by molar-refractivity contribution is 5.97. The van der Waals surface area contributed by atoms with Gasteiger partial charge < -0.3 is 10.6 Å². The lowest BCUT2D eigenvalue weighted by atomic mass is 10.0. The third kappa shape index (κ3) is 5.85. The average molecular weight is 345 g/mol. The highest BCUT2D eigenvalue weighted by atomic mass is 16.2. The molecule has 2 atom stereocenters. The second-order valence-electron chi connectivity index (χ2n) is 7.42. The summed E-state index contributed by atoms with van der Waals surface area (Å²) in [5.74, 6) is -0.341. The van der Waals surface area contributed by atoms with Crippen molar-refractivity contribution in [3.63, 3.8) is 0 Å². The first-order valence-corrected chi connectivity index (χ1v) is 9.27. The largest absolute Gasteiger partial charge is 0.344 e. The van der Waals surface area contributed by atoms with Crippen molar-refractivity contribution in [1.29, 1.82) is 0 Å². The molecule has 2 rings (SSSR count). The number of benzene rings is 1. The van der Waals surface area contributed by atoms with Gasteiger partial charge in [0, 0.05) is 25.2 Å². The van der Waals surface area contributed by atoms with E-state index in [4.69, 9.17) is 0 Å². The molecule has 2 amide bonds. The number of piperidine rings is 1. The van der Waals surface area contributed by atoms with Gasteiger partial charge in [-0.15, -0.1) is 0 Å². The molecule has 0 radical (unpaired) electrons. The predicted octanol–water partition coefficient (Wildman–Crippen LogP) is 3.16. The van der Waals surface area contributed by atoms with Crippen LogP contribution in [0.25, 0.3) is 0 Å². The van der Waals surface area contributed by atoms with E-state index in [-0.39, 0.29) is 17.7 Å². The molecule has 0 bridgehead atoms. The van der Waals surface area contributed by atoms with Crippen LogP contribution in [-0.4, -0.2) is 35.3 Å². The van der Waals surface area contributed by atoms with E-state index in [0.717, 1.165) is 18.8 Å². The van der Waals surface area contributed by atoms with E-state index in [2.05, 4.69) is 34.6 Å². The Morgan fingerprint density at radius 3 is 2.44 bits per heavy atom. The molecule has 1 saturated heterocycles. The summed E-state index contributed by atoms with van der Waals surface area (Å²) >= 11 is 0. The van der Waals surface area contributed by atoms with Crippen molar-refractivity contribution in [3.8, 4) is 0 Å². The summed E-state index contributed by atoms with van der Waals surface area (Å²) in [6.45, 7) is 9.68. The maximum Gasteiger partial charge on any atom is 0.247 e. The molecular weight excluding hydrogens is 314 g/mol. The number of hydrogen-bond donors (Lipinski definition) is 2. The monoisotopic (exact) mass is 345 g/mol. The van der Waals surface area contributed by atoms with Crippen LogP contribution in [0, 0.1) is 5.92 Å². The van der Waals surface area contributed by atoms with Crippen LogP contribution in [-0.2, 0) is 16.1 Å². The van der Waals surface area contributed by atoms with Crippen LogP contribution in [0.2, 0.25) is 0 Å². The van der Waals surface area contributed by atoms with Gasteiger partial charge in [-0.2, -0.15) is 0 Å². The van der Waals surface area contributed by atoms with Gasteiger partial charge >= 0.3 is 0 Å². The summed E-state index contributed by atoms with van der Waals surface area (Å²) in [4.78, 5) is 26.2. The third-order valence-corrected chi connectivity index (χ3v) is 4.86. The van der Waals surface area contributed by atoms with Crippen LogP contribution < -0.4 is 10.6 Å². The summed E-state index contributed by atoms with van der Waals surface area (Å²) in [7, 11) is 0. The molecule has 1 fully saturated rings. The molecule has 2 N–H and O–H groups in total. The zero-order valence-electron chi connectivity index (χ0n) is 15.8. The number of amides is 2. The molecule has 0 unspecified atom stereocenters. The zero-order valence-corrected chi connectivity index (χ0v) is 15.8. The Labute approximate surface area is 151 Å². The molecule has 5 heteroatoms. The zero-order chi connectivity index (χ0) is 18.4. The molecule has 1 aromatic carbocycles. The fourth-order valence-corrected chi connectivity index (χ4v) is 3.29. The van der Waals surface area contributed by atoms with Gasteiger partial charge in [0.05, 0.1) is 0 Å². The first kappa shape index (κ1) is 19.4. The summed E-state index contributed by atoms with van der Waals surface area (Å²) in [5, 5.41) is 5.61. The fourth-order valence-electron chi connectivity index (χ4n) is 3.29. The molecule has 1 heterocycles. The van der Waals surface area contributed by atoms with Gasteiger partial charge in [0.2, 0.25) is 11.8 Å². The third-order valence-electron chi connectivity index (χ3n) is 4.86. The number of nitrogens with one attached hydrogen (secondary N) is 2. The van der Waals surface area contributed by atoms with E-state index >= 15 is 0 Å². The van der Waals surface area contributed by atoms with Crippen molar-refractivity contribution in [1.82, 2.24) is 10.2 Å². The number of rotatable bonds is 6. The minimum atomic E-state index is -0.522. The van der Waals surface area contributed by atoms with Crippen LogP contribution in [0.3, 0.4) is 0 Å². The van der Waals surface area contributed by atoms with Crippen LogP contribution in [0.15, 0.2) is 24.3 Å². The lowest BCUT2D eigenvalue weighted by molar-refractivity contribution is -0.126. The van der Waals surface area contributed by atoms with Crippen molar-refractivity contribution < 1.29 is 9.59 Å². The van der Waals surface area contributed by atoms with Crippen molar-refractivity contribution in [2.75, 3.05) is 11.9 Å². The Morgan fingerprint density at radius 2 is 1.88 bits per heavy atom. The molecule has 0 spiro atoms. The van der Waals surface area contributed by atoms with Crippen LogP contribution in [0.4, 0.5) is 5.69 Å². The molecule has 0 saturated carbocycles. The Hall–Kier alpha value is -1.88. The van der Waals surface area contributed by atoms with E-state index in [1.807, 2.05) is 26.0 Å². The number of likely N-dealkylation sites (tertiary alicyclic amines) is 1. The van der Waals surface area contributed by atoms with Crippen LogP contribution >= 0.6 is 0 Å². The van der Waals surface area contributed by atoms with Crippen LogP contribution in [0.1, 0.15) is 52.5 Å². The van der Waals surface area contributed by atoms with Gasteiger partial charge in [0.25, 0.3) is 0 Å². The van der Waals surface area contributed by atoms with Gasteiger partial charge in [0.15, 0.2) is 0 Å². The Morgan fingerprint density at radius 1 is 1.20 bits per heavy atom. The number of carbonyl (C=O) groups is 2. The average Bonchev–Trinajstić information content (AvgIpc) is 2.56. The Bertz CT molecular complexity index is 583. The lowest BCUT2D eigenvalue weighted by Gasteiger charge is -2.33. The molecule has 1 aliphatic heterocycles. The second-order valence-corrected chi connectivity index (χ2v) is 7.42. The summed E-state index contributed by atoms with van der Waals surface area (Å²) in [6, 6.07) is 8.13. The maximum absolute atomic E-state index is 12.4. The summed E-state index contributed by atoms with van der Waals surface area (Å²) < 4.78 is 0. The standard InChI is InChI=1S/C20H31N3O2/c1-14(2)19(21-16(4)24)20(25)22-18-10-8-17(9-11-18)13-23-12-6-5-7-15(23)3/h8-11,14-15,19H,5-7,12-13H2,1-4H3,(H,21,24)(H,22,25)/t15-,19-/m0/s1. The van der Waals surface area contributed by atoms with E-state index in [1.165, 1.54) is 31.7 Å². The molecule has 1 aliphatic rings. The van der Waals surface area contributed by atoms with Gasteiger partial charge in [-0.05, 0) is 49.9 Å². The SMILES string of the molecule is CC(=O)N[C@H](C(=O)Nc1ccc(CN2CCCC[C@@H]2C)cc1)C(C)C. The highest BCUT2D eigenvalue weighted by Crippen LogP contribution is 2.20. The number of nitrogens with zero attached hydrogens (tertiary/aromatic N) is 1. The van der Waals surface area contributed by atoms with Gasteiger partial charge in [-0.1, -0.05) is 32.4 Å². The van der Waals surface area contributed by atoms with E-state index in [0.29, 0.717) is 6.04 Å². The van der Waals surface area contributed by atoms with E-state index in [1.54, 1.807) is 0 Å². The number of anilines is 1. The molecule has 138 valence electrons. The Kier molecular flexibility index (Phi) is 7.00. The van der Waals surface area contributed by atoms with E-state index in [9.17, 15) is 9.59 Å². The van der Waals surface area contributed by atoms with Gasteiger partial charge in [-0.25, -0.2) is 0 Å². The highest BCUT2D eigenvalue weighted by Gasteiger charge is 2.23. The first-order valence-electron chi connectivity index (χ1n) is 9.27. The van der Waals surface area contributed by atoms with Gasteiger partial charge in [-0.3, -0.25) is 14.5 Å². The fraction of sp³-hybridized carbons (Fsp3) is 0.600. The summed E-state index contributed by atoms with van der Waals surface area (Å²) in [5.41, 5.74) is 2.02. The minimum Gasteiger partial charge on any atom is -0.344 e. The Balaban J connectivity index is 1.94. The number of carbonyl (C=O) groups excluding carboxylic acids is 2. The lowest BCUT2D eigenvalue weighted by Crippen LogP contribution is -2.46. The minimum absolute atomic E-state index is 0.0313. The quantitative estimate of drug-likeness (QED) is 0.832. The van der Waals surface area contributed by atoms with E-state index < -0.39 is 6.04 Å². The van der Waals surface area contributed by atoms with Crippen molar-refractivity contribution in [2.24, 2.45) is 5.92 Å². The second kappa shape index (κ2) is 8.99. The molecule has 0 aromatic heterocycles. The van der Waals surface area contributed by atoms with Crippen molar-refractivity contribution in [2.45, 2.75) is 65.6 Å². The van der Waals surface area contributed by atoms with Crippen molar-refractivity contribution in [3.05, 3.63) is 29.8 Å². The molecule has 25 heavy (non-hydrogen) atoms. The normalized spacial score (nSPS) is 19.5. The van der Waals surface area contributed by atoms with Crippen molar-refractivity contribution >= 4 is 17.5 Å². The maximum atomic E-state index is 12.4. The van der Waals surface area contributed by atoms with Gasteiger partial charge in [0.1, 0.15) is 6.04 Å². The molecular formula is C20H31N3O2. The molecule has 1 aromatic rings. The molecule has 0 aliphatic carbocycles. The molecule has 5 nitrogen and oxygen atoms in total. The number of hydrogen-bond acceptors (Lipinski definition) is 3.